The number of ether oxygens (including phenoxy) is 1. The Bertz CT molecular complexity index is 124. The largest absolute Gasteiger partial charge is 0.376 e. The van der Waals surface area contributed by atoms with Crippen molar-refractivity contribution in [2.75, 3.05) is 6.61 Å². The molecule has 0 radical (unpaired) electrons. The highest BCUT2D eigenvalue weighted by atomic mass is 16.5. The van der Waals surface area contributed by atoms with Crippen molar-refractivity contribution < 1.29 is 4.74 Å². The van der Waals surface area contributed by atoms with Gasteiger partial charge in [0.1, 0.15) is 0 Å². The third-order valence-corrected chi connectivity index (χ3v) is 1.58. The van der Waals surface area contributed by atoms with Crippen LogP contribution in [0.25, 0.3) is 0 Å². The number of rotatable bonds is 5. The van der Waals surface area contributed by atoms with Gasteiger partial charge in [-0.2, -0.15) is 0 Å². The molecule has 0 saturated heterocycles. The second-order valence-corrected chi connectivity index (χ2v) is 4.77. The van der Waals surface area contributed by atoms with Crippen LogP contribution >= 0.6 is 0 Å². The molecule has 0 rings (SSSR count). The first-order chi connectivity index (χ1) is 5.27. The number of hydrogen-bond donors (Lipinski definition) is 1. The van der Waals surface area contributed by atoms with Gasteiger partial charge in [-0.3, -0.25) is 0 Å². The van der Waals surface area contributed by atoms with E-state index >= 15 is 0 Å². The van der Waals surface area contributed by atoms with Crippen molar-refractivity contribution >= 4 is 0 Å². The molecule has 0 aromatic heterocycles. The Morgan fingerprint density at radius 1 is 1.17 bits per heavy atom. The van der Waals surface area contributed by atoms with Crippen molar-refractivity contribution in [2.45, 2.75) is 58.6 Å². The van der Waals surface area contributed by atoms with Crippen molar-refractivity contribution in [1.29, 1.82) is 0 Å². The fourth-order valence-corrected chi connectivity index (χ4v) is 1.53. The average Bonchev–Trinajstić information content (AvgIpc) is 1.78. The van der Waals surface area contributed by atoms with E-state index in [0.29, 0.717) is 0 Å². The molecule has 2 N–H and O–H groups in total. The van der Waals surface area contributed by atoms with Crippen LogP contribution in [0.1, 0.15) is 47.5 Å². The topological polar surface area (TPSA) is 35.2 Å². The Morgan fingerprint density at radius 2 is 1.67 bits per heavy atom. The van der Waals surface area contributed by atoms with Crippen LogP contribution < -0.4 is 5.73 Å². The quantitative estimate of drug-likeness (QED) is 0.692. The minimum absolute atomic E-state index is 0.0890. The second-order valence-electron chi connectivity index (χ2n) is 4.77. The lowest BCUT2D eigenvalue weighted by Gasteiger charge is -2.32. The highest BCUT2D eigenvalue weighted by Crippen LogP contribution is 2.21. The third-order valence-electron chi connectivity index (χ3n) is 1.58. The molecule has 0 saturated carbocycles. The van der Waals surface area contributed by atoms with Gasteiger partial charge >= 0.3 is 0 Å². The van der Waals surface area contributed by atoms with Crippen molar-refractivity contribution in [3.8, 4) is 0 Å². The zero-order valence-electron chi connectivity index (χ0n) is 9.11. The van der Waals surface area contributed by atoms with Crippen LogP contribution in [-0.2, 0) is 4.74 Å². The highest BCUT2D eigenvalue weighted by molar-refractivity contribution is 4.82. The van der Waals surface area contributed by atoms with E-state index in [1.807, 2.05) is 13.8 Å². The molecule has 0 spiro atoms. The maximum absolute atomic E-state index is 5.91. The first kappa shape index (κ1) is 11.9. The maximum atomic E-state index is 5.91. The Hall–Kier alpha value is -0.0800. The summed E-state index contributed by atoms with van der Waals surface area (Å²) in [6.07, 6.45) is 1.95. The molecule has 0 unspecified atom stereocenters. The molecule has 74 valence electrons. The van der Waals surface area contributed by atoms with Gasteiger partial charge in [-0.15, -0.1) is 0 Å². The molecular weight excluding hydrogens is 150 g/mol. The standard InChI is InChI=1S/C10H23NO/c1-6-7-12-10(4,5)8-9(2,3)11/h6-8,11H2,1-5H3. The molecule has 12 heavy (non-hydrogen) atoms. The predicted molar refractivity (Wildman–Crippen MR) is 53.2 cm³/mol. The van der Waals surface area contributed by atoms with Gasteiger partial charge < -0.3 is 10.5 Å². The molecule has 0 amide bonds. The van der Waals surface area contributed by atoms with E-state index in [-0.39, 0.29) is 11.1 Å². The van der Waals surface area contributed by atoms with Crippen LogP contribution in [-0.4, -0.2) is 17.7 Å². The summed E-state index contributed by atoms with van der Waals surface area (Å²) < 4.78 is 5.67. The SMILES string of the molecule is CCCOC(C)(C)CC(C)(C)N. The molecule has 0 aliphatic carbocycles. The molecule has 0 aromatic rings. The summed E-state index contributed by atoms with van der Waals surface area (Å²) in [5.74, 6) is 0. The Morgan fingerprint density at radius 3 is 2.00 bits per heavy atom. The molecule has 0 aliphatic heterocycles. The van der Waals surface area contributed by atoms with Crippen molar-refractivity contribution in [2.24, 2.45) is 5.73 Å². The van der Waals surface area contributed by atoms with E-state index in [0.717, 1.165) is 19.4 Å². The van der Waals surface area contributed by atoms with Crippen molar-refractivity contribution in [1.82, 2.24) is 0 Å². The number of hydrogen-bond acceptors (Lipinski definition) is 2. The molecule has 0 bridgehead atoms. The van der Waals surface area contributed by atoms with Gasteiger partial charge in [0, 0.05) is 12.1 Å². The van der Waals surface area contributed by atoms with Crippen molar-refractivity contribution in [3.05, 3.63) is 0 Å². The van der Waals surface area contributed by atoms with Gasteiger partial charge in [-0.1, -0.05) is 6.92 Å². The lowest BCUT2D eigenvalue weighted by molar-refractivity contribution is -0.0341. The predicted octanol–water partition coefficient (Wildman–Crippen LogP) is 2.32. The van der Waals surface area contributed by atoms with Gasteiger partial charge in [0.2, 0.25) is 0 Å². The van der Waals surface area contributed by atoms with Crippen LogP contribution in [0.2, 0.25) is 0 Å². The first-order valence-electron chi connectivity index (χ1n) is 4.70. The zero-order valence-corrected chi connectivity index (χ0v) is 9.11. The van der Waals surface area contributed by atoms with Crippen LogP contribution in [0.4, 0.5) is 0 Å². The van der Waals surface area contributed by atoms with E-state index in [1.165, 1.54) is 0 Å². The van der Waals surface area contributed by atoms with Crippen LogP contribution in [0.3, 0.4) is 0 Å². The van der Waals surface area contributed by atoms with Crippen LogP contribution in [0.15, 0.2) is 0 Å². The van der Waals surface area contributed by atoms with Gasteiger partial charge in [0.15, 0.2) is 0 Å². The summed E-state index contributed by atoms with van der Waals surface area (Å²) in [7, 11) is 0. The summed E-state index contributed by atoms with van der Waals surface area (Å²) in [6.45, 7) is 11.2. The van der Waals surface area contributed by atoms with Crippen molar-refractivity contribution in [3.63, 3.8) is 0 Å². The normalized spacial score (nSPS) is 13.5. The van der Waals surface area contributed by atoms with E-state index in [4.69, 9.17) is 10.5 Å². The van der Waals surface area contributed by atoms with E-state index < -0.39 is 0 Å². The summed E-state index contributed by atoms with van der Waals surface area (Å²) in [5, 5.41) is 0. The molecule has 2 nitrogen and oxygen atoms in total. The maximum Gasteiger partial charge on any atom is 0.0643 e. The van der Waals surface area contributed by atoms with Gasteiger partial charge in [-0.25, -0.2) is 0 Å². The molecule has 0 aliphatic rings. The van der Waals surface area contributed by atoms with E-state index in [2.05, 4.69) is 20.8 Å². The monoisotopic (exact) mass is 173 g/mol. The Balaban J connectivity index is 3.86. The van der Waals surface area contributed by atoms with Gasteiger partial charge in [0.25, 0.3) is 0 Å². The molecule has 0 aromatic carbocycles. The summed E-state index contributed by atoms with van der Waals surface area (Å²) in [4.78, 5) is 0. The second kappa shape index (κ2) is 4.24. The van der Waals surface area contributed by atoms with E-state index in [1.54, 1.807) is 0 Å². The molecule has 2 heteroatoms. The molecular formula is C10H23NO. The summed E-state index contributed by atoms with van der Waals surface area (Å²) >= 11 is 0. The lowest BCUT2D eigenvalue weighted by Crippen LogP contribution is -2.41. The summed E-state index contributed by atoms with van der Waals surface area (Å²) in [5.41, 5.74) is 5.68. The fourth-order valence-electron chi connectivity index (χ4n) is 1.53. The smallest absolute Gasteiger partial charge is 0.0643 e. The minimum atomic E-state index is -0.142. The third kappa shape index (κ3) is 6.62. The zero-order chi connectivity index (χ0) is 9.83. The number of nitrogens with two attached hydrogens (primary N) is 1. The fraction of sp³-hybridized carbons (Fsp3) is 1.00. The average molecular weight is 173 g/mol. The minimum Gasteiger partial charge on any atom is -0.376 e. The lowest BCUT2D eigenvalue weighted by atomic mass is 9.90. The van der Waals surface area contributed by atoms with E-state index in [9.17, 15) is 0 Å². The molecule has 0 heterocycles. The highest BCUT2D eigenvalue weighted by Gasteiger charge is 2.25. The first-order valence-corrected chi connectivity index (χ1v) is 4.70. The van der Waals surface area contributed by atoms with Gasteiger partial charge in [0.05, 0.1) is 5.60 Å². The van der Waals surface area contributed by atoms with Crippen LogP contribution in [0.5, 0.6) is 0 Å². The Kier molecular flexibility index (Phi) is 4.21. The molecule has 0 fully saturated rings. The summed E-state index contributed by atoms with van der Waals surface area (Å²) in [6, 6.07) is 0. The molecule has 0 atom stereocenters. The Labute approximate surface area is 76.5 Å². The van der Waals surface area contributed by atoms with Gasteiger partial charge in [-0.05, 0) is 40.5 Å². The van der Waals surface area contributed by atoms with Crippen LogP contribution in [0, 0.1) is 0 Å².